The van der Waals surface area contributed by atoms with Gasteiger partial charge in [-0.25, -0.2) is 0 Å². The molecule has 1 amide bonds. The van der Waals surface area contributed by atoms with Crippen LogP contribution in [0.5, 0.6) is 0 Å². The summed E-state index contributed by atoms with van der Waals surface area (Å²) >= 11 is 0. The second-order valence-electron chi connectivity index (χ2n) is 4.70. The summed E-state index contributed by atoms with van der Waals surface area (Å²) < 4.78 is 0. The quantitative estimate of drug-likeness (QED) is 0.854. The second kappa shape index (κ2) is 7.19. The van der Waals surface area contributed by atoms with Crippen LogP contribution in [0.4, 0.5) is 5.69 Å². The van der Waals surface area contributed by atoms with Gasteiger partial charge in [0.2, 0.25) is 5.91 Å². The summed E-state index contributed by atoms with van der Waals surface area (Å²) in [7, 11) is 0. The maximum Gasteiger partial charge on any atom is 0.303 e. The summed E-state index contributed by atoms with van der Waals surface area (Å²) in [4.78, 5) is 26.9. The van der Waals surface area contributed by atoms with Crippen molar-refractivity contribution in [3.63, 3.8) is 0 Å². The van der Waals surface area contributed by atoms with E-state index in [0.717, 1.165) is 5.56 Å². The molecule has 0 aliphatic heterocycles. The third kappa shape index (κ3) is 4.72. The maximum absolute atomic E-state index is 12.0. The molecule has 2 rings (SSSR count). The van der Waals surface area contributed by atoms with Crippen LogP contribution in [0.15, 0.2) is 54.9 Å². The van der Waals surface area contributed by atoms with E-state index in [9.17, 15) is 9.59 Å². The number of carbonyl (C=O) groups excluding carboxylic acids is 1. The Labute approximate surface area is 122 Å². The molecule has 1 atom stereocenters. The van der Waals surface area contributed by atoms with Crippen LogP contribution in [0.3, 0.4) is 0 Å². The predicted molar refractivity (Wildman–Crippen MR) is 78.9 cm³/mol. The first kappa shape index (κ1) is 14.7. The first-order valence-corrected chi connectivity index (χ1v) is 6.62. The highest BCUT2D eigenvalue weighted by atomic mass is 16.4. The van der Waals surface area contributed by atoms with Gasteiger partial charge in [0, 0.05) is 18.5 Å². The van der Waals surface area contributed by atoms with Crippen molar-refractivity contribution in [2.75, 3.05) is 5.32 Å². The van der Waals surface area contributed by atoms with E-state index >= 15 is 0 Å². The van der Waals surface area contributed by atoms with Gasteiger partial charge in [-0.3, -0.25) is 14.6 Å². The highest BCUT2D eigenvalue weighted by Gasteiger charge is 2.19. The van der Waals surface area contributed by atoms with Crippen molar-refractivity contribution in [1.29, 1.82) is 0 Å². The lowest BCUT2D eigenvalue weighted by molar-refractivity contribution is -0.137. The molecule has 0 saturated carbocycles. The number of carboxylic acids is 1. The van der Waals surface area contributed by atoms with Gasteiger partial charge in [0.15, 0.2) is 0 Å². The van der Waals surface area contributed by atoms with Crippen molar-refractivity contribution in [1.82, 2.24) is 4.98 Å². The van der Waals surface area contributed by atoms with Crippen LogP contribution in [0.2, 0.25) is 0 Å². The molecule has 108 valence electrons. The number of hydrogen-bond donors (Lipinski definition) is 2. The van der Waals surface area contributed by atoms with Crippen LogP contribution in [0.1, 0.15) is 24.3 Å². The maximum atomic E-state index is 12.0. The zero-order chi connectivity index (χ0) is 15.1. The highest BCUT2D eigenvalue weighted by Crippen LogP contribution is 2.24. The summed E-state index contributed by atoms with van der Waals surface area (Å²) in [5, 5.41) is 11.7. The Kier molecular flexibility index (Phi) is 5.04. The standard InChI is InChI=1S/C16H16N2O3/c19-15(18-14-7-4-8-17-11-14)9-13(10-16(20)21)12-5-2-1-3-6-12/h1-8,11,13H,9-10H2,(H,18,19)(H,20,21)/t13-/m0/s1. The van der Waals surface area contributed by atoms with E-state index in [-0.39, 0.29) is 24.7 Å². The van der Waals surface area contributed by atoms with Crippen LogP contribution in [0.25, 0.3) is 0 Å². The minimum absolute atomic E-state index is 0.0789. The molecule has 0 aliphatic carbocycles. The SMILES string of the molecule is O=C(O)C[C@H](CC(=O)Nc1cccnc1)c1ccccc1. The van der Waals surface area contributed by atoms with Gasteiger partial charge in [0.05, 0.1) is 18.3 Å². The fourth-order valence-electron chi connectivity index (χ4n) is 2.12. The van der Waals surface area contributed by atoms with Crippen molar-refractivity contribution in [3.8, 4) is 0 Å². The molecule has 1 aromatic heterocycles. The van der Waals surface area contributed by atoms with Crippen LogP contribution in [-0.2, 0) is 9.59 Å². The van der Waals surface area contributed by atoms with E-state index in [4.69, 9.17) is 5.11 Å². The number of rotatable bonds is 6. The monoisotopic (exact) mass is 284 g/mol. The Bertz CT molecular complexity index is 599. The molecule has 5 heteroatoms. The fourth-order valence-corrected chi connectivity index (χ4v) is 2.12. The molecule has 5 nitrogen and oxygen atoms in total. The number of carbonyl (C=O) groups is 2. The molecule has 1 aromatic carbocycles. The Morgan fingerprint density at radius 1 is 1.10 bits per heavy atom. The van der Waals surface area contributed by atoms with Crippen LogP contribution in [0, 0.1) is 0 Å². The molecule has 0 unspecified atom stereocenters. The van der Waals surface area contributed by atoms with Crippen molar-refractivity contribution in [3.05, 3.63) is 60.4 Å². The number of carboxylic acid groups (broad SMARTS) is 1. The molecule has 2 N–H and O–H groups in total. The van der Waals surface area contributed by atoms with E-state index in [2.05, 4.69) is 10.3 Å². The zero-order valence-corrected chi connectivity index (χ0v) is 11.4. The minimum Gasteiger partial charge on any atom is -0.481 e. The highest BCUT2D eigenvalue weighted by molar-refractivity contribution is 5.91. The molecule has 0 aliphatic rings. The number of nitrogens with zero attached hydrogens (tertiary/aromatic N) is 1. The van der Waals surface area contributed by atoms with Gasteiger partial charge in [-0.2, -0.15) is 0 Å². The average Bonchev–Trinajstić information content (AvgIpc) is 2.48. The van der Waals surface area contributed by atoms with E-state index in [0.29, 0.717) is 5.69 Å². The molecule has 21 heavy (non-hydrogen) atoms. The zero-order valence-electron chi connectivity index (χ0n) is 11.4. The minimum atomic E-state index is -0.918. The number of nitrogens with one attached hydrogen (secondary N) is 1. The second-order valence-corrected chi connectivity index (χ2v) is 4.70. The van der Waals surface area contributed by atoms with Crippen LogP contribution >= 0.6 is 0 Å². The third-order valence-electron chi connectivity index (χ3n) is 3.07. The van der Waals surface area contributed by atoms with Gasteiger partial charge in [-0.05, 0) is 17.7 Å². The number of anilines is 1. The molecular formula is C16H16N2O3. The molecule has 0 radical (unpaired) electrons. The molecule has 0 bridgehead atoms. The molecule has 0 saturated heterocycles. The van der Waals surface area contributed by atoms with Crippen molar-refractivity contribution in [2.45, 2.75) is 18.8 Å². The Balaban J connectivity index is 2.05. The van der Waals surface area contributed by atoms with Crippen LogP contribution < -0.4 is 5.32 Å². The average molecular weight is 284 g/mol. The number of aliphatic carboxylic acids is 1. The number of aromatic nitrogens is 1. The molecule has 2 aromatic rings. The van der Waals surface area contributed by atoms with Gasteiger partial charge in [0.25, 0.3) is 0 Å². The summed E-state index contributed by atoms with van der Waals surface area (Å²) in [6.45, 7) is 0. The van der Waals surface area contributed by atoms with Gasteiger partial charge in [-0.15, -0.1) is 0 Å². The normalized spacial score (nSPS) is 11.6. The lowest BCUT2D eigenvalue weighted by atomic mass is 9.92. The smallest absolute Gasteiger partial charge is 0.303 e. The summed E-state index contributed by atoms with van der Waals surface area (Å²) in [6, 6.07) is 12.7. The summed E-state index contributed by atoms with van der Waals surface area (Å²) in [6.07, 6.45) is 3.20. The first-order valence-electron chi connectivity index (χ1n) is 6.62. The number of hydrogen-bond acceptors (Lipinski definition) is 3. The summed E-state index contributed by atoms with van der Waals surface area (Å²) in [5.41, 5.74) is 1.45. The van der Waals surface area contributed by atoms with Crippen LogP contribution in [-0.4, -0.2) is 22.0 Å². The first-order chi connectivity index (χ1) is 10.1. The van der Waals surface area contributed by atoms with E-state index < -0.39 is 5.97 Å². The Morgan fingerprint density at radius 3 is 2.48 bits per heavy atom. The van der Waals surface area contributed by atoms with Gasteiger partial charge >= 0.3 is 5.97 Å². The van der Waals surface area contributed by atoms with Crippen molar-refractivity contribution >= 4 is 17.6 Å². The van der Waals surface area contributed by atoms with Gasteiger partial charge < -0.3 is 10.4 Å². The number of benzene rings is 1. The molecule has 0 fully saturated rings. The lowest BCUT2D eigenvalue weighted by Crippen LogP contribution is -2.17. The van der Waals surface area contributed by atoms with E-state index in [1.165, 1.54) is 0 Å². The van der Waals surface area contributed by atoms with Crippen molar-refractivity contribution in [2.24, 2.45) is 0 Å². The molecular weight excluding hydrogens is 268 g/mol. The molecule has 0 spiro atoms. The van der Waals surface area contributed by atoms with Crippen molar-refractivity contribution < 1.29 is 14.7 Å². The summed E-state index contributed by atoms with van der Waals surface area (Å²) in [5.74, 6) is -1.49. The number of amides is 1. The van der Waals surface area contributed by atoms with E-state index in [1.54, 1.807) is 24.5 Å². The Hall–Kier alpha value is -2.69. The van der Waals surface area contributed by atoms with Gasteiger partial charge in [0.1, 0.15) is 0 Å². The fraction of sp³-hybridized carbons (Fsp3) is 0.188. The largest absolute Gasteiger partial charge is 0.481 e. The third-order valence-corrected chi connectivity index (χ3v) is 3.07. The Morgan fingerprint density at radius 2 is 1.86 bits per heavy atom. The lowest BCUT2D eigenvalue weighted by Gasteiger charge is -2.15. The molecule has 1 heterocycles. The number of pyridine rings is 1. The van der Waals surface area contributed by atoms with E-state index in [1.807, 2.05) is 30.3 Å². The topological polar surface area (TPSA) is 79.3 Å². The van der Waals surface area contributed by atoms with Gasteiger partial charge in [-0.1, -0.05) is 30.3 Å². The predicted octanol–water partition coefficient (Wildman–Crippen LogP) is 2.67.